The summed E-state index contributed by atoms with van der Waals surface area (Å²) in [5, 5.41) is 6.35. The zero-order chi connectivity index (χ0) is 20.3. The second-order valence-electron chi connectivity index (χ2n) is 6.86. The maximum absolute atomic E-state index is 12.8. The Balaban J connectivity index is 1.53. The zero-order valence-corrected chi connectivity index (χ0v) is 16.6. The van der Waals surface area contributed by atoms with Crippen LogP contribution < -0.4 is 4.90 Å². The van der Waals surface area contributed by atoms with Crippen LogP contribution in [-0.2, 0) is 24.6 Å². The fraction of sp³-hybridized carbons (Fsp3) is 0.500. The second-order valence-corrected chi connectivity index (χ2v) is 8.17. The van der Waals surface area contributed by atoms with Gasteiger partial charge in [0.25, 0.3) is 0 Å². The Labute approximate surface area is 165 Å². The molecule has 2 aromatic rings. The van der Waals surface area contributed by atoms with E-state index in [1.165, 1.54) is 17.5 Å². The van der Waals surface area contributed by atoms with Crippen molar-refractivity contribution in [3.63, 3.8) is 0 Å². The largest absolute Gasteiger partial charge is 0.451 e. The van der Waals surface area contributed by atoms with Crippen LogP contribution in [0.25, 0.3) is 0 Å². The van der Waals surface area contributed by atoms with Crippen molar-refractivity contribution in [3.05, 3.63) is 41.7 Å². The number of alkyl halides is 3. The van der Waals surface area contributed by atoms with E-state index in [0.29, 0.717) is 13.1 Å². The number of carbonyl (C=O) groups is 1. The van der Waals surface area contributed by atoms with Gasteiger partial charge in [-0.05, 0) is 6.92 Å². The normalized spacial score (nSPS) is 17.0. The second kappa shape index (κ2) is 8.52. The van der Waals surface area contributed by atoms with Gasteiger partial charge in [0, 0.05) is 12.6 Å². The van der Waals surface area contributed by atoms with E-state index in [1.807, 2.05) is 18.2 Å². The maximum atomic E-state index is 12.8. The standard InChI is InChI=1S/C18H22F3N5OS/c1-13(28-17-23-22-16(24(17)2)18(19,20)21)15(27)26-10-8-25(9-11-26)12-14-6-4-3-5-7-14/h3-7,13H,8-12H2,1-2H3/p+1/t13-/m1/s1. The molecule has 28 heavy (non-hydrogen) atoms. The monoisotopic (exact) mass is 414 g/mol. The van der Waals surface area contributed by atoms with Crippen LogP contribution in [0, 0.1) is 0 Å². The third-order valence-corrected chi connectivity index (χ3v) is 5.92. The molecule has 1 fully saturated rings. The number of amides is 1. The Hall–Kier alpha value is -2.07. The van der Waals surface area contributed by atoms with Crippen molar-refractivity contribution in [2.75, 3.05) is 26.2 Å². The number of halogens is 3. The number of nitrogens with zero attached hydrogens (tertiary/aromatic N) is 4. The molecule has 1 atom stereocenters. The molecule has 1 saturated heterocycles. The molecule has 0 saturated carbocycles. The predicted octanol–water partition coefficient (Wildman–Crippen LogP) is 1.24. The highest BCUT2D eigenvalue weighted by atomic mass is 32.2. The van der Waals surface area contributed by atoms with Crippen molar-refractivity contribution in [2.24, 2.45) is 7.05 Å². The number of nitrogens with one attached hydrogen (secondary N) is 1. The lowest BCUT2D eigenvalue weighted by Crippen LogP contribution is -3.13. The lowest BCUT2D eigenvalue weighted by Gasteiger charge is -2.33. The summed E-state index contributed by atoms with van der Waals surface area (Å²) in [6.45, 7) is 5.59. The van der Waals surface area contributed by atoms with Crippen LogP contribution in [0.4, 0.5) is 13.2 Å². The fourth-order valence-corrected chi connectivity index (χ4v) is 4.13. The Morgan fingerprint density at radius 3 is 2.43 bits per heavy atom. The first kappa shape index (κ1) is 20.7. The molecule has 3 rings (SSSR count). The van der Waals surface area contributed by atoms with E-state index in [2.05, 4.69) is 22.3 Å². The number of hydrogen-bond donors (Lipinski definition) is 1. The zero-order valence-electron chi connectivity index (χ0n) is 15.7. The Bertz CT molecular complexity index is 803. The summed E-state index contributed by atoms with van der Waals surface area (Å²) in [5.41, 5.74) is 1.27. The molecule has 6 nitrogen and oxygen atoms in total. The van der Waals surface area contributed by atoms with Crippen LogP contribution in [0.5, 0.6) is 0 Å². The molecule has 1 aliphatic heterocycles. The molecule has 0 radical (unpaired) electrons. The summed E-state index contributed by atoms with van der Waals surface area (Å²) < 4.78 is 39.4. The summed E-state index contributed by atoms with van der Waals surface area (Å²) >= 11 is 1.00. The van der Waals surface area contributed by atoms with E-state index in [-0.39, 0.29) is 11.1 Å². The highest BCUT2D eigenvalue weighted by Gasteiger charge is 2.38. The number of piperazine rings is 1. The molecule has 1 N–H and O–H groups in total. The molecule has 10 heteroatoms. The first-order chi connectivity index (χ1) is 13.3. The average molecular weight is 414 g/mol. The SMILES string of the molecule is C[C@@H](Sc1nnc(C(F)(F)F)n1C)C(=O)N1CC[NH+](Cc2ccccc2)CC1. The van der Waals surface area contributed by atoms with Gasteiger partial charge in [-0.15, -0.1) is 10.2 Å². The van der Waals surface area contributed by atoms with E-state index in [1.54, 1.807) is 11.8 Å². The quantitative estimate of drug-likeness (QED) is 0.749. The molecule has 0 bridgehead atoms. The summed E-state index contributed by atoms with van der Waals surface area (Å²) in [4.78, 5) is 15.9. The van der Waals surface area contributed by atoms with Crippen LogP contribution in [0.3, 0.4) is 0 Å². The molecule has 1 amide bonds. The molecule has 1 aromatic carbocycles. The van der Waals surface area contributed by atoms with Gasteiger partial charge >= 0.3 is 6.18 Å². The van der Waals surface area contributed by atoms with E-state index >= 15 is 0 Å². The number of quaternary nitrogens is 1. The van der Waals surface area contributed by atoms with Gasteiger partial charge in [0.1, 0.15) is 6.54 Å². The summed E-state index contributed by atoms with van der Waals surface area (Å²) in [5.74, 6) is -1.15. The summed E-state index contributed by atoms with van der Waals surface area (Å²) in [6, 6.07) is 10.2. The molecular weight excluding hydrogens is 391 g/mol. The van der Waals surface area contributed by atoms with Gasteiger partial charge in [0.05, 0.1) is 31.4 Å². The highest BCUT2D eigenvalue weighted by molar-refractivity contribution is 8.00. The topological polar surface area (TPSA) is 55.5 Å². The number of carbonyl (C=O) groups excluding carboxylic acids is 1. The van der Waals surface area contributed by atoms with Crippen LogP contribution in [0.1, 0.15) is 18.3 Å². The molecule has 0 unspecified atom stereocenters. The van der Waals surface area contributed by atoms with Gasteiger partial charge < -0.3 is 14.4 Å². The Morgan fingerprint density at radius 1 is 1.21 bits per heavy atom. The first-order valence-electron chi connectivity index (χ1n) is 9.05. The molecule has 152 valence electrons. The first-order valence-corrected chi connectivity index (χ1v) is 9.93. The number of thioether (sulfide) groups is 1. The van der Waals surface area contributed by atoms with Gasteiger partial charge in [0.15, 0.2) is 5.16 Å². The Kier molecular flexibility index (Phi) is 6.29. The third kappa shape index (κ3) is 4.85. The lowest BCUT2D eigenvalue weighted by molar-refractivity contribution is -0.917. The minimum Gasteiger partial charge on any atom is -0.330 e. The van der Waals surface area contributed by atoms with Crippen LogP contribution in [-0.4, -0.2) is 57.0 Å². The van der Waals surface area contributed by atoms with E-state index in [0.717, 1.165) is 36.0 Å². The van der Waals surface area contributed by atoms with Crippen LogP contribution in [0.15, 0.2) is 35.5 Å². The third-order valence-electron chi connectivity index (χ3n) is 4.80. The molecule has 0 aliphatic carbocycles. The molecule has 1 aliphatic rings. The van der Waals surface area contributed by atoms with Crippen molar-refractivity contribution >= 4 is 17.7 Å². The number of rotatable bonds is 5. The molecule has 0 spiro atoms. The van der Waals surface area contributed by atoms with Crippen molar-refractivity contribution in [3.8, 4) is 0 Å². The summed E-state index contributed by atoms with van der Waals surface area (Å²) in [6.07, 6.45) is -4.56. The van der Waals surface area contributed by atoms with Crippen molar-refractivity contribution in [1.29, 1.82) is 0 Å². The number of hydrogen-bond acceptors (Lipinski definition) is 4. The minimum atomic E-state index is -4.56. The van der Waals surface area contributed by atoms with Gasteiger partial charge in [-0.25, -0.2) is 0 Å². The molecule has 1 aromatic heterocycles. The number of benzene rings is 1. The summed E-state index contributed by atoms with van der Waals surface area (Å²) in [7, 11) is 1.26. The van der Waals surface area contributed by atoms with Crippen LogP contribution in [0.2, 0.25) is 0 Å². The predicted molar refractivity (Wildman–Crippen MR) is 98.7 cm³/mol. The van der Waals surface area contributed by atoms with Gasteiger partial charge in [-0.3, -0.25) is 4.79 Å². The van der Waals surface area contributed by atoms with Crippen molar-refractivity contribution < 1.29 is 22.9 Å². The highest BCUT2D eigenvalue weighted by Crippen LogP contribution is 2.31. The van der Waals surface area contributed by atoms with Crippen molar-refractivity contribution in [2.45, 2.75) is 30.1 Å². The van der Waals surface area contributed by atoms with Crippen LogP contribution >= 0.6 is 11.8 Å². The van der Waals surface area contributed by atoms with Gasteiger partial charge in [0.2, 0.25) is 11.7 Å². The van der Waals surface area contributed by atoms with Gasteiger partial charge in [-0.2, -0.15) is 13.2 Å². The lowest BCUT2D eigenvalue weighted by atomic mass is 10.2. The smallest absolute Gasteiger partial charge is 0.330 e. The van der Waals surface area contributed by atoms with E-state index in [9.17, 15) is 18.0 Å². The molecular formula is C18H23F3N5OS+. The average Bonchev–Trinajstić information content (AvgIpc) is 3.03. The number of aromatic nitrogens is 3. The van der Waals surface area contributed by atoms with Gasteiger partial charge in [-0.1, -0.05) is 42.1 Å². The molecule has 2 heterocycles. The maximum Gasteiger partial charge on any atom is 0.451 e. The minimum absolute atomic E-state index is 0.0830. The Morgan fingerprint density at radius 2 is 1.86 bits per heavy atom. The van der Waals surface area contributed by atoms with E-state index in [4.69, 9.17) is 0 Å². The van der Waals surface area contributed by atoms with Crippen molar-refractivity contribution in [1.82, 2.24) is 19.7 Å². The van der Waals surface area contributed by atoms with E-state index < -0.39 is 17.3 Å². The fourth-order valence-electron chi connectivity index (χ4n) is 3.23.